The number of hydrogen-bond donors (Lipinski definition) is 0. The molecule has 3 aromatic rings. The molecular formula is C23H21Cl2Zr. The molecule has 0 bridgehead atoms. The molecule has 0 heterocycles. The second-order valence-electron chi connectivity index (χ2n) is 6.98. The Labute approximate surface area is 170 Å². The van der Waals surface area contributed by atoms with Crippen LogP contribution in [0.2, 0.25) is 0 Å². The second-order valence-corrected chi connectivity index (χ2v) is 15.8. The average Bonchev–Trinajstić information content (AvgIpc) is 3.00. The molecule has 0 aromatic heterocycles. The van der Waals surface area contributed by atoms with Crippen LogP contribution in [0.1, 0.15) is 40.1 Å². The summed E-state index contributed by atoms with van der Waals surface area (Å²) in [4.78, 5) is 0. The summed E-state index contributed by atoms with van der Waals surface area (Å²) in [5, 5.41) is 2.59. The fourth-order valence-electron chi connectivity index (χ4n) is 4.18. The molecule has 1 aliphatic carbocycles. The Balaban J connectivity index is 1.99. The van der Waals surface area contributed by atoms with Crippen LogP contribution in [-0.2, 0) is 19.4 Å². The number of rotatable bonds is 4. The topological polar surface area (TPSA) is 0 Å². The Bertz CT molecular complexity index is 1000. The maximum atomic E-state index is 6.59. The van der Waals surface area contributed by atoms with Crippen molar-refractivity contribution < 1.29 is 19.4 Å². The van der Waals surface area contributed by atoms with Crippen molar-refractivity contribution in [1.29, 1.82) is 0 Å². The van der Waals surface area contributed by atoms with Crippen LogP contribution >= 0.6 is 17.0 Å². The van der Waals surface area contributed by atoms with Gasteiger partial charge in [-0.05, 0) is 0 Å². The number of allylic oxidation sites excluding steroid dienone is 1. The number of benzene rings is 3. The first-order valence-corrected chi connectivity index (χ1v) is 16.9. The number of fused-ring (bicyclic) bond motifs is 2. The number of aryl methyl sites for hydroxylation is 1. The summed E-state index contributed by atoms with van der Waals surface area (Å²) < 4.78 is 0.297. The van der Waals surface area contributed by atoms with Crippen LogP contribution in [0.4, 0.5) is 0 Å². The van der Waals surface area contributed by atoms with Crippen molar-refractivity contribution in [2.24, 2.45) is 0 Å². The summed E-state index contributed by atoms with van der Waals surface area (Å²) in [5.41, 5.74) is 8.07. The second kappa shape index (κ2) is 7.63. The summed E-state index contributed by atoms with van der Waals surface area (Å²) in [5.74, 6) is 0. The molecule has 0 N–H and O–H groups in total. The molecule has 1 atom stereocenters. The Morgan fingerprint density at radius 2 is 1.77 bits per heavy atom. The standard InChI is InChI=1S/C23H21.2ClH.Zr/c1-3-7-17-14-19-9-6-11-21(22(19)15-17)23-16(2)12-13-18-8-4-5-10-20(18)23;;;/h4-6,8-15H,3,7H2,1-2H3;2*1H;/q;;;+2/p-2. The zero-order chi connectivity index (χ0) is 18.3. The molecule has 0 nitrogen and oxygen atoms in total. The van der Waals surface area contributed by atoms with Crippen LogP contribution in [0, 0.1) is 6.92 Å². The van der Waals surface area contributed by atoms with E-state index in [0.29, 0.717) is 3.63 Å². The molecule has 0 fully saturated rings. The van der Waals surface area contributed by atoms with Gasteiger partial charge in [-0.3, -0.25) is 0 Å². The number of halogens is 2. The van der Waals surface area contributed by atoms with Crippen LogP contribution in [0.25, 0.3) is 28.0 Å². The van der Waals surface area contributed by atoms with Crippen LogP contribution in [0.3, 0.4) is 0 Å². The maximum absolute atomic E-state index is 6.59. The van der Waals surface area contributed by atoms with Gasteiger partial charge in [-0.25, -0.2) is 0 Å². The minimum atomic E-state index is -2.44. The molecule has 3 heteroatoms. The van der Waals surface area contributed by atoms with Gasteiger partial charge in [0.15, 0.2) is 0 Å². The third kappa shape index (κ3) is 3.13. The summed E-state index contributed by atoms with van der Waals surface area (Å²) in [6.07, 6.45) is 4.59. The molecule has 1 unspecified atom stereocenters. The van der Waals surface area contributed by atoms with E-state index in [-0.39, 0.29) is 0 Å². The van der Waals surface area contributed by atoms with Gasteiger partial charge in [0.1, 0.15) is 0 Å². The quantitative estimate of drug-likeness (QED) is 0.371. The van der Waals surface area contributed by atoms with E-state index in [0.717, 1.165) is 12.8 Å². The molecule has 1 aliphatic rings. The third-order valence-electron chi connectivity index (χ3n) is 5.31. The average molecular weight is 460 g/mol. The summed E-state index contributed by atoms with van der Waals surface area (Å²) in [6, 6.07) is 19.7. The van der Waals surface area contributed by atoms with Crippen LogP contribution in [-0.4, -0.2) is 0 Å². The minimum absolute atomic E-state index is 0.297. The van der Waals surface area contributed by atoms with E-state index in [1.54, 1.807) is 0 Å². The Morgan fingerprint density at radius 3 is 2.54 bits per heavy atom. The molecule has 0 aliphatic heterocycles. The van der Waals surface area contributed by atoms with E-state index in [1.807, 2.05) is 0 Å². The van der Waals surface area contributed by atoms with E-state index >= 15 is 0 Å². The van der Waals surface area contributed by atoms with Gasteiger partial charge in [-0.2, -0.15) is 0 Å². The Kier molecular flexibility index (Phi) is 5.42. The van der Waals surface area contributed by atoms with E-state index in [4.69, 9.17) is 17.0 Å². The first-order valence-electron chi connectivity index (χ1n) is 9.11. The monoisotopic (exact) mass is 457 g/mol. The zero-order valence-corrected chi connectivity index (χ0v) is 19.0. The van der Waals surface area contributed by atoms with Crippen molar-refractivity contribution in [2.75, 3.05) is 0 Å². The zero-order valence-electron chi connectivity index (χ0n) is 15.0. The van der Waals surface area contributed by atoms with Crippen LogP contribution in [0.5, 0.6) is 0 Å². The van der Waals surface area contributed by atoms with Crippen LogP contribution < -0.4 is 0 Å². The van der Waals surface area contributed by atoms with E-state index < -0.39 is 19.4 Å². The fraction of sp³-hybridized carbons (Fsp3) is 0.217. The van der Waals surface area contributed by atoms with Crippen molar-refractivity contribution in [3.8, 4) is 11.1 Å². The SMILES string of the molecule is CCCC1=Cc2c(-c3c(C)ccc4ccccc34)cccc2[CH]1[Zr]([Cl])[Cl]. The van der Waals surface area contributed by atoms with E-state index in [1.165, 1.54) is 44.2 Å². The molecule has 0 radical (unpaired) electrons. The van der Waals surface area contributed by atoms with Gasteiger partial charge in [0.05, 0.1) is 0 Å². The van der Waals surface area contributed by atoms with Crippen LogP contribution in [0.15, 0.2) is 60.2 Å². The van der Waals surface area contributed by atoms with Gasteiger partial charge < -0.3 is 0 Å². The molecule has 0 amide bonds. The van der Waals surface area contributed by atoms with Gasteiger partial charge >= 0.3 is 172 Å². The molecule has 0 spiro atoms. The van der Waals surface area contributed by atoms with Crippen molar-refractivity contribution in [3.63, 3.8) is 0 Å². The Morgan fingerprint density at radius 1 is 0.962 bits per heavy atom. The third-order valence-corrected chi connectivity index (χ3v) is 10.6. The normalized spacial score (nSPS) is 15.8. The summed E-state index contributed by atoms with van der Waals surface area (Å²) >= 11 is -2.44. The van der Waals surface area contributed by atoms with Gasteiger partial charge in [-0.1, -0.05) is 0 Å². The molecular weight excluding hydrogens is 438 g/mol. The molecule has 3 aromatic carbocycles. The van der Waals surface area contributed by atoms with Gasteiger partial charge in [0, 0.05) is 0 Å². The van der Waals surface area contributed by atoms with E-state index in [9.17, 15) is 0 Å². The first kappa shape index (κ1) is 18.5. The van der Waals surface area contributed by atoms with Crippen molar-refractivity contribution in [1.82, 2.24) is 0 Å². The van der Waals surface area contributed by atoms with Gasteiger partial charge in [-0.15, -0.1) is 0 Å². The molecule has 4 rings (SSSR count). The summed E-state index contributed by atoms with van der Waals surface area (Å²) in [6.45, 7) is 4.43. The molecule has 131 valence electrons. The number of hydrogen-bond acceptors (Lipinski definition) is 0. The first-order chi connectivity index (χ1) is 12.6. The Hall–Kier alpha value is -0.877. The van der Waals surface area contributed by atoms with Crippen molar-refractivity contribution in [2.45, 2.75) is 30.3 Å². The molecule has 0 saturated carbocycles. The fourth-order valence-corrected chi connectivity index (χ4v) is 9.68. The van der Waals surface area contributed by atoms with Crippen molar-refractivity contribution >= 4 is 33.9 Å². The van der Waals surface area contributed by atoms with E-state index in [2.05, 4.69) is 74.5 Å². The summed E-state index contributed by atoms with van der Waals surface area (Å²) in [7, 11) is 13.2. The molecule has 0 saturated heterocycles. The van der Waals surface area contributed by atoms with Gasteiger partial charge in [0.2, 0.25) is 0 Å². The van der Waals surface area contributed by atoms with Gasteiger partial charge in [0.25, 0.3) is 0 Å². The molecule has 26 heavy (non-hydrogen) atoms. The van der Waals surface area contributed by atoms with Crippen molar-refractivity contribution in [3.05, 3.63) is 76.9 Å². The predicted octanol–water partition coefficient (Wildman–Crippen LogP) is 7.98. The predicted molar refractivity (Wildman–Crippen MR) is 111 cm³/mol.